The molecule has 7 aromatic carbocycles. The highest BCUT2D eigenvalue weighted by Gasteiger charge is 2.20. The molecule has 0 N–H and O–H groups in total. The summed E-state index contributed by atoms with van der Waals surface area (Å²) < 4.78 is 15.3. The van der Waals surface area contributed by atoms with E-state index >= 15 is 0 Å². The first-order valence-corrected chi connectivity index (χ1v) is 16.1. The number of fused-ring (bicyclic) bond motifs is 8. The Labute approximate surface area is 267 Å². The Morgan fingerprint density at radius 1 is 0.478 bits per heavy atom. The number of nitrogens with zero attached hydrogens (tertiary/aromatic N) is 2. The van der Waals surface area contributed by atoms with Gasteiger partial charge in [0.1, 0.15) is 16.7 Å². The molecule has 0 radical (unpaired) electrons. The van der Waals surface area contributed by atoms with E-state index in [1.165, 1.54) is 30.9 Å². The van der Waals surface area contributed by atoms with Gasteiger partial charge in [-0.3, -0.25) is 0 Å². The Morgan fingerprint density at radius 3 is 2.13 bits per heavy atom. The van der Waals surface area contributed by atoms with Gasteiger partial charge in [0, 0.05) is 59.6 Å². The fourth-order valence-corrected chi connectivity index (χ4v) is 7.87. The van der Waals surface area contributed by atoms with E-state index in [1.54, 1.807) is 0 Å². The number of aromatic nitrogens is 1. The van der Waals surface area contributed by atoms with Crippen LogP contribution in [0.5, 0.6) is 0 Å². The maximum Gasteiger partial charge on any atom is 0.228 e. The van der Waals surface area contributed by atoms with E-state index in [0.29, 0.717) is 5.89 Å². The summed E-state index contributed by atoms with van der Waals surface area (Å²) in [4.78, 5) is 7.12. The Kier molecular flexibility index (Phi) is 5.41. The van der Waals surface area contributed by atoms with Crippen LogP contribution in [0, 0.1) is 0 Å². The van der Waals surface area contributed by atoms with Crippen LogP contribution in [0.1, 0.15) is 0 Å². The molecule has 0 bridgehead atoms. The van der Waals surface area contributed by atoms with Gasteiger partial charge in [0.15, 0.2) is 5.58 Å². The molecule has 0 spiro atoms. The summed E-state index contributed by atoms with van der Waals surface area (Å²) in [5.41, 5.74) is 7.34. The number of hydrogen-bond acceptors (Lipinski definition) is 5. The van der Waals surface area contributed by atoms with Gasteiger partial charge >= 0.3 is 0 Å². The highest BCUT2D eigenvalue weighted by molar-refractivity contribution is 7.25. The van der Waals surface area contributed by atoms with Crippen molar-refractivity contribution in [1.29, 1.82) is 0 Å². The molecule has 10 aromatic rings. The smallest absolute Gasteiger partial charge is 0.228 e. The molecular weight excluding hydrogens is 585 g/mol. The third-order valence-corrected chi connectivity index (χ3v) is 10.0. The van der Waals surface area contributed by atoms with Gasteiger partial charge < -0.3 is 13.7 Å². The monoisotopic (exact) mass is 608 g/mol. The Balaban J connectivity index is 1.17. The van der Waals surface area contributed by atoms with Gasteiger partial charge in [-0.1, -0.05) is 72.8 Å². The van der Waals surface area contributed by atoms with Gasteiger partial charge in [0.2, 0.25) is 5.89 Å². The van der Waals surface area contributed by atoms with Crippen LogP contribution in [0.3, 0.4) is 0 Å². The maximum atomic E-state index is 6.54. The fraction of sp³-hybridized carbons (Fsp3) is 0. The lowest BCUT2D eigenvalue weighted by Crippen LogP contribution is -2.09. The zero-order valence-electron chi connectivity index (χ0n) is 24.5. The largest absolute Gasteiger partial charge is 0.456 e. The van der Waals surface area contributed by atoms with Crippen LogP contribution in [0.15, 0.2) is 154 Å². The van der Waals surface area contributed by atoms with Crippen LogP contribution < -0.4 is 4.90 Å². The molecule has 0 aliphatic rings. The average molecular weight is 609 g/mol. The van der Waals surface area contributed by atoms with E-state index in [9.17, 15) is 0 Å². The molecular formula is C41H24N2O2S. The molecule has 0 saturated carbocycles. The number of anilines is 3. The van der Waals surface area contributed by atoms with Crippen molar-refractivity contribution in [2.24, 2.45) is 0 Å². The second kappa shape index (κ2) is 9.80. The van der Waals surface area contributed by atoms with Gasteiger partial charge in [-0.25, -0.2) is 4.98 Å². The number of rotatable bonds is 4. The summed E-state index contributed by atoms with van der Waals surface area (Å²) in [5, 5.41) is 7.01. The first kappa shape index (κ1) is 25.4. The summed E-state index contributed by atoms with van der Waals surface area (Å²) in [6, 6.07) is 51.0. The second-order valence-electron chi connectivity index (χ2n) is 11.6. The van der Waals surface area contributed by atoms with Crippen LogP contribution in [0.2, 0.25) is 0 Å². The molecule has 46 heavy (non-hydrogen) atoms. The SMILES string of the molecule is c1ccc2cc(N(c3ccc4c(c3)oc3cccc(-c5nc6ccccc6o5)c34)c3ccc4c(c3)sc3ccccc34)ccc2c1. The van der Waals surface area contributed by atoms with Crippen LogP contribution in [0.25, 0.3) is 75.4 Å². The molecule has 0 amide bonds. The van der Waals surface area contributed by atoms with E-state index in [1.807, 2.05) is 47.7 Å². The van der Waals surface area contributed by atoms with Crippen LogP contribution in [-0.2, 0) is 0 Å². The lowest BCUT2D eigenvalue weighted by atomic mass is 10.0. The zero-order valence-corrected chi connectivity index (χ0v) is 25.3. The van der Waals surface area contributed by atoms with Crippen LogP contribution in [-0.4, -0.2) is 4.98 Å². The Hall–Kier alpha value is -5.91. The lowest BCUT2D eigenvalue weighted by molar-refractivity contribution is 0.620. The van der Waals surface area contributed by atoms with Crippen molar-refractivity contribution in [1.82, 2.24) is 4.98 Å². The third-order valence-electron chi connectivity index (χ3n) is 8.87. The quantitative estimate of drug-likeness (QED) is 0.199. The zero-order chi connectivity index (χ0) is 30.2. The molecule has 5 heteroatoms. The molecule has 10 rings (SSSR count). The number of thiophene rings is 1. The van der Waals surface area contributed by atoms with Crippen molar-refractivity contribution in [3.63, 3.8) is 0 Å². The lowest BCUT2D eigenvalue weighted by Gasteiger charge is -2.26. The minimum atomic E-state index is 0.591. The van der Waals surface area contributed by atoms with Gasteiger partial charge in [0.25, 0.3) is 0 Å². The fourth-order valence-electron chi connectivity index (χ4n) is 6.74. The van der Waals surface area contributed by atoms with E-state index < -0.39 is 0 Å². The molecule has 0 fully saturated rings. The van der Waals surface area contributed by atoms with E-state index in [2.05, 4.69) is 114 Å². The highest BCUT2D eigenvalue weighted by atomic mass is 32.1. The number of furan rings is 1. The minimum Gasteiger partial charge on any atom is -0.456 e. The van der Waals surface area contributed by atoms with Gasteiger partial charge in [0.05, 0.1) is 0 Å². The highest BCUT2D eigenvalue weighted by Crippen LogP contribution is 2.44. The molecule has 3 heterocycles. The van der Waals surface area contributed by atoms with E-state index in [0.717, 1.165) is 55.7 Å². The first-order chi connectivity index (χ1) is 22.8. The summed E-state index contributed by atoms with van der Waals surface area (Å²) in [5.74, 6) is 0.591. The van der Waals surface area contributed by atoms with Gasteiger partial charge in [-0.05, 0) is 77.5 Å². The predicted molar refractivity (Wildman–Crippen MR) is 192 cm³/mol. The van der Waals surface area contributed by atoms with Crippen LogP contribution >= 0.6 is 11.3 Å². The van der Waals surface area contributed by atoms with Crippen LogP contribution in [0.4, 0.5) is 17.1 Å². The second-order valence-corrected chi connectivity index (χ2v) is 12.7. The van der Waals surface area contributed by atoms with E-state index in [4.69, 9.17) is 13.8 Å². The molecule has 0 atom stereocenters. The van der Waals surface area contributed by atoms with Crippen molar-refractivity contribution >= 4 is 92.4 Å². The molecule has 3 aromatic heterocycles. The summed E-state index contributed by atoms with van der Waals surface area (Å²) in [7, 11) is 0. The van der Waals surface area contributed by atoms with Gasteiger partial charge in [-0.15, -0.1) is 11.3 Å². The topological polar surface area (TPSA) is 42.4 Å². The Morgan fingerprint density at radius 2 is 1.20 bits per heavy atom. The first-order valence-electron chi connectivity index (χ1n) is 15.3. The summed E-state index contributed by atoms with van der Waals surface area (Å²) in [6.45, 7) is 0. The maximum absolute atomic E-state index is 6.54. The standard InChI is InChI=1S/C41H24N2O2S/c1-2-9-26-22-27(17-16-25(26)8-1)43(29-18-20-31-30-10-3-6-15-38(30)46-39(31)24-29)28-19-21-32-37(23-28)44-36-14-7-11-33(40(32)36)41-42-34-12-4-5-13-35(34)45-41/h1-24H. The van der Waals surface area contributed by atoms with Crippen molar-refractivity contribution in [3.05, 3.63) is 146 Å². The molecule has 0 aliphatic heterocycles. The molecule has 4 nitrogen and oxygen atoms in total. The Bertz CT molecular complexity index is 2750. The molecule has 216 valence electrons. The van der Waals surface area contributed by atoms with Crippen molar-refractivity contribution < 1.29 is 8.83 Å². The van der Waals surface area contributed by atoms with Crippen molar-refractivity contribution in [2.45, 2.75) is 0 Å². The van der Waals surface area contributed by atoms with Gasteiger partial charge in [-0.2, -0.15) is 0 Å². The normalized spacial score (nSPS) is 11.9. The summed E-state index contributed by atoms with van der Waals surface area (Å²) in [6.07, 6.45) is 0. The number of oxazole rings is 1. The number of benzene rings is 7. The molecule has 0 aliphatic carbocycles. The average Bonchev–Trinajstić information content (AvgIpc) is 3.81. The predicted octanol–water partition coefficient (Wildman–Crippen LogP) is 12.4. The van der Waals surface area contributed by atoms with Crippen molar-refractivity contribution in [3.8, 4) is 11.5 Å². The van der Waals surface area contributed by atoms with Crippen molar-refractivity contribution in [2.75, 3.05) is 4.90 Å². The number of hydrogen-bond donors (Lipinski definition) is 0. The summed E-state index contributed by atoms with van der Waals surface area (Å²) >= 11 is 1.83. The molecule has 0 saturated heterocycles. The minimum absolute atomic E-state index is 0.591. The number of para-hydroxylation sites is 2. The van der Waals surface area contributed by atoms with E-state index in [-0.39, 0.29) is 0 Å². The third kappa shape index (κ3) is 3.89. The molecule has 0 unspecified atom stereocenters.